The van der Waals surface area contributed by atoms with Gasteiger partial charge < -0.3 is 10.8 Å². The van der Waals surface area contributed by atoms with Crippen molar-refractivity contribution in [2.24, 2.45) is 5.73 Å². The Labute approximate surface area is 67.0 Å². The molecule has 11 heavy (non-hydrogen) atoms. The molecule has 0 aromatic rings. The van der Waals surface area contributed by atoms with Crippen LogP contribution in [0.5, 0.6) is 0 Å². The maximum atomic E-state index is 10.3. The number of carbonyl (C=O) groups is 1. The molecule has 0 bridgehead atoms. The molecule has 0 spiro atoms. The first-order chi connectivity index (χ1) is 5.20. The smallest absolute Gasteiger partial charge is 0.317 e. The molecule has 0 rings (SSSR count). The van der Waals surface area contributed by atoms with Crippen molar-refractivity contribution in [3.8, 4) is 0 Å². The molecule has 66 valence electrons. The van der Waals surface area contributed by atoms with Crippen molar-refractivity contribution in [3.05, 3.63) is 0 Å². The highest BCUT2D eigenvalue weighted by Gasteiger charge is 2.06. The van der Waals surface area contributed by atoms with E-state index in [0.29, 0.717) is 13.1 Å². The van der Waals surface area contributed by atoms with E-state index < -0.39 is 5.97 Å². The summed E-state index contributed by atoms with van der Waals surface area (Å²) in [5, 5.41) is 8.45. The van der Waals surface area contributed by atoms with Crippen molar-refractivity contribution in [1.29, 1.82) is 0 Å². The van der Waals surface area contributed by atoms with E-state index in [0.717, 1.165) is 13.0 Å². The van der Waals surface area contributed by atoms with E-state index in [9.17, 15) is 4.79 Å². The van der Waals surface area contributed by atoms with Crippen LogP contribution < -0.4 is 5.73 Å². The average Bonchev–Trinajstić information content (AvgIpc) is 1.87. The van der Waals surface area contributed by atoms with Gasteiger partial charge in [-0.25, -0.2) is 0 Å². The SMILES string of the molecule is CCCN(CCN)CC(=O)O. The van der Waals surface area contributed by atoms with Crippen LogP contribution in [0.1, 0.15) is 13.3 Å². The Morgan fingerprint density at radius 1 is 1.55 bits per heavy atom. The second kappa shape index (κ2) is 6.12. The van der Waals surface area contributed by atoms with Gasteiger partial charge in [0.15, 0.2) is 0 Å². The predicted molar refractivity (Wildman–Crippen MR) is 43.4 cm³/mol. The van der Waals surface area contributed by atoms with Crippen LogP contribution in [0.25, 0.3) is 0 Å². The molecule has 4 heteroatoms. The van der Waals surface area contributed by atoms with E-state index in [-0.39, 0.29) is 6.54 Å². The molecule has 0 aliphatic heterocycles. The van der Waals surface area contributed by atoms with Gasteiger partial charge >= 0.3 is 5.97 Å². The van der Waals surface area contributed by atoms with Gasteiger partial charge in [0.2, 0.25) is 0 Å². The van der Waals surface area contributed by atoms with E-state index in [2.05, 4.69) is 0 Å². The Morgan fingerprint density at radius 2 is 2.18 bits per heavy atom. The third-order valence-electron chi connectivity index (χ3n) is 1.34. The summed E-state index contributed by atoms with van der Waals surface area (Å²) in [7, 11) is 0. The molecule has 0 aromatic carbocycles. The summed E-state index contributed by atoms with van der Waals surface area (Å²) in [5.41, 5.74) is 5.30. The van der Waals surface area contributed by atoms with Crippen molar-refractivity contribution in [3.63, 3.8) is 0 Å². The lowest BCUT2D eigenvalue weighted by Gasteiger charge is -2.17. The Kier molecular flexibility index (Phi) is 5.78. The molecule has 0 heterocycles. The largest absolute Gasteiger partial charge is 0.480 e. The minimum Gasteiger partial charge on any atom is -0.480 e. The van der Waals surface area contributed by atoms with E-state index in [4.69, 9.17) is 10.8 Å². The molecule has 0 radical (unpaired) electrons. The fraction of sp³-hybridized carbons (Fsp3) is 0.857. The van der Waals surface area contributed by atoms with Crippen LogP contribution in [0, 0.1) is 0 Å². The summed E-state index contributed by atoms with van der Waals surface area (Å²) in [5.74, 6) is -0.785. The Hall–Kier alpha value is -0.610. The number of hydrogen-bond donors (Lipinski definition) is 2. The highest BCUT2D eigenvalue weighted by molar-refractivity contribution is 5.69. The third-order valence-corrected chi connectivity index (χ3v) is 1.34. The quantitative estimate of drug-likeness (QED) is 0.562. The summed E-state index contributed by atoms with van der Waals surface area (Å²) in [6.07, 6.45) is 0.966. The molecule has 0 aliphatic carbocycles. The lowest BCUT2D eigenvalue weighted by Crippen LogP contribution is -2.34. The lowest BCUT2D eigenvalue weighted by atomic mass is 10.4. The standard InChI is InChI=1S/C7H16N2O2/c1-2-4-9(5-3-8)6-7(10)11/h2-6,8H2,1H3,(H,10,11). The van der Waals surface area contributed by atoms with Crippen LogP contribution in [0.4, 0.5) is 0 Å². The van der Waals surface area contributed by atoms with Crippen LogP contribution in [0.3, 0.4) is 0 Å². The van der Waals surface area contributed by atoms with Gasteiger partial charge in [-0.3, -0.25) is 9.69 Å². The van der Waals surface area contributed by atoms with Gasteiger partial charge in [0, 0.05) is 13.1 Å². The molecule has 0 amide bonds. The summed E-state index contributed by atoms with van der Waals surface area (Å²) >= 11 is 0. The van der Waals surface area contributed by atoms with Gasteiger partial charge in [-0.2, -0.15) is 0 Å². The van der Waals surface area contributed by atoms with Gasteiger partial charge in [0.05, 0.1) is 6.54 Å². The first-order valence-corrected chi connectivity index (χ1v) is 3.85. The molecule has 0 fully saturated rings. The fourth-order valence-electron chi connectivity index (χ4n) is 0.960. The highest BCUT2D eigenvalue weighted by Crippen LogP contribution is 1.89. The second-order valence-corrected chi connectivity index (χ2v) is 2.46. The molecule has 0 saturated carbocycles. The molecule has 3 N–H and O–H groups in total. The summed E-state index contributed by atoms with van der Waals surface area (Å²) in [6, 6.07) is 0. The van der Waals surface area contributed by atoms with Gasteiger partial charge in [0.1, 0.15) is 0 Å². The maximum absolute atomic E-state index is 10.3. The number of hydrogen-bond acceptors (Lipinski definition) is 3. The van der Waals surface area contributed by atoms with Crippen molar-refractivity contribution >= 4 is 5.97 Å². The number of aliphatic carboxylic acids is 1. The van der Waals surface area contributed by atoms with Gasteiger partial charge in [-0.05, 0) is 13.0 Å². The number of carboxylic acids is 1. The van der Waals surface area contributed by atoms with E-state index in [1.54, 1.807) is 0 Å². The van der Waals surface area contributed by atoms with Crippen LogP contribution in [0.2, 0.25) is 0 Å². The second-order valence-electron chi connectivity index (χ2n) is 2.46. The minimum atomic E-state index is -0.785. The zero-order valence-electron chi connectivity index (χ0n) is 6.92. The van der Waals surface area contributed by atoms with Crippen molar-refractivity contribution in [2.45, 2.75) is 13.3 Å². The van der Waals surface area contributed by atoms with Crippen LogP contribution >= 0.6 is 0 Å². The normalized spacial score (nSPS) is 10.5. The van der Waals surface area contributed by atoms with Crippen LogP contribution in [0.15, 0.2) is 0 Å². The first-order valence-electron chi connectivity index (χ1n) is 3.85. The number of rotatable bonds is 6. The molecule has 0 aliphatic rings. The predicted octanol–water partition coefficient (Wildman–Crippen LogP) is -0.258. The number of nitrogens with two attached hydrogens (primary N) is 1. The average molecular weight is 160 g/mol. The summed E-state index contributed by atoms with van der Waals surface area (Å²) in [4.78, 5) is 12.1. The first kappa shape index (κ1) is 10.4. The van der Waals surface area contributed by atoms with Gasteiger partial charge in [0.25, 0.3) is 0 Å². The van der Waals surface area contributed by atoms with Gasteiger partial charge in [-0.1, -0.05) is 6.92 Å². The zero-order chi connectivity index (χ0) is 8.69. The topological polar surface area (TPSA) is 66.6 Å². The molecule has 0 saturated heterocycles. The minimum absolute atomic E-state index is 0.102. The third kappa shape index (κ3) is 5.82. The van der Waals surface area contributed by atoms with Crippen molar-refractivity contribution in [2.75, 3.05) is 26.2 Å². The Morgan fingerprint density at radius 3 is 2.55 bits per heavy atom. The zero-order valence-corrected chi connectivity index (χ0v) is 6.92. The molecule has 4 nitrogen and oxygen atoms in total. The van der Waals surface area contributed by atoms with Gasteiger partial charge in [-0.15, -0.1) is 0 Å². The van der Waals surface area contributed by atoms with Crippen molar-refractivity contribution < 1.29 is 9.90 Å². The molecular formula is C7H16N2O2. The summed E-state index contributed by atoms with van der Waals surface area (Å²) in [6.45, 7) is 4.12. The maximum Gasteiger partial charge on any atom is 0.317 e. The molecule has 0 aromatic heterocycles. The van der Waals surface area contributed by atoms with Crippen molar-refractivity contribution in [1.82, 2.24) is 4.90 Å². The Bertz CT molecular complexity index is 111. The Balaban J connectivity index is 3.59. The molecular weight excluding hydrogens is 144 g/mol. The monoisotopic (exact) mass is 160 g/mol. The fourth-order valence-corrected chi connectivity index (χ4v) is 0.960. The molecule has 0 atom stereocenters. The van der Waals surface area contributed by atoms with E-state index >= 15 is 0 Å². The number of nitrogens with zero attached hydrogens (tertiary/aromatic N) is 1. The van der Waals surface area contributed by atoms with Crippen LogP contribution in [-0.4, -0.2) is 42.2 Å². The highest BCUT2D eigenvalue weighted by atomic mass is 16.4. The number of carboxylic acid groups (broad SMARTS) is 1. The van der Waals surface area contributed by atoms with Crippen LogP contribution in [-0.2, 0) is 4.79 Å². The van der Waals surface area contributed by atoms with E-state index in [1.165, 1.54) is 0 Å². The van der Waals surface area contributed by atoms with E-state index in [1.807, 2.05) is 11.8 Å². The molecule has 0 unspecified atom stereocenters. The lowest BCUT2D eigenvalue weighted by molar-refractivity contribution is -0.138. The summed E-state index contributed by atoms with van der Waals surface area (Å²) < 4.78 is 0.